The number of morpholine rings is 1. The summed E-state index contributed by atoms with van der Waals surface area (Å²) in [6.07, 6.45) is -0.0349. The minimum Gasteiger partial charge on any atom is -0.381 e. The number of imide groups is 1. The van der Waals surface area contributed by atoms with Gasteiger partial charge in [0.1, 0.15) is 6.02 Å². The van der Waals surface area contributed by atoms with Gasteiger partial charge in [-0.3, -0.25) is 24.6 Å². The monoisotopic (exact) mass is 451 g/mol. The molecule has 2 fully saturated rings. The lowest BCUT2D eigenvalue weighted by Crippen LogP contribution is -2.52. The molecule has 1 unspecified atom stereocenters. The normalized spacial score (nSPS) is 25.2. The molecule has 2 aromatic carbocycles. The Kier molecular flexibility index (Phi) is 5.15. The van der Waals surface area contributed by atoms with Gasteiger partial charge >= 0.3 is 0 Å². The maximum atomic E-state index is 13.1. The zero-order chi connectivity index (χ0) is 25.5. The summed E-state index contributed by atoms with van der Waals surface area (Å²) < 4.78 is 31.3. The first kappa shape index (κ1) is 18.2. The third kappa shape index (κ3) is 4.62. The number of anilines is 1. The van der Waals surface area contributed by atoms with Crippen LogP contribution in [0.25, 0.3) is 0 Å². The number of benzene rings is 2. The molecule has 0 spiro atoms. The molecule has 3 aliphatic heterocycles. The van der Waals surface area contributed by atoms with Crippen molar-refractivity contribution in [2.45, 2.75) is 38.4 Å². The number of hydrogen-bond donors (Lipinski definition) is 2. The molecule has 2 aromatic rings. The van der Waals surface area contributed by atoms with Gasteiger partial charge in [-0.2, -0.15) is 0 Å². The van der Waals surface area contributed by atoms with Crippen molar-refractivity contribution in [2.75, 3.05) is 31.6 Å². The van der Waals surface area contributed by atoms with Gasteiger partial charge in [0.25, 0.3) is 5.91 Å². The number of carbonyl (C=O) groups is 3. The van der Waals surface area contributed by atoms with Crippen LogP contribution < -0.4 is 10.6 Å². The van der Waals surface area contributed by atoms with Gasteiger partial charge in [0.2, 0.25) is 11.8 Å². The fraction of sp³-hybridized carbons (Fsp3) is 0.400. The lowest BCUT2D eigenvalue weighted by atomic mass is 10.0. The van der Waals surface area contributed by atoms with Crippen LogP contribution in [0.3, 0.4) is 0 Å². The molecule has 5 rings (SSSR count). The minimum absolute atomic E-state index is 0.00869. The third-order valence-electron chi connectivity index (χ3n) is 6.11. The fourth-order valence-corrected chi connectivity index (χ4v) is 4.39. The number of carbonyl (C=O) groups excluding carboxylic acids is 3. The molecule has 0 radical (unpaired) electrons. The van der Waals surface area contributed by atoms with Crippen LogP contribution in [-0.4, -0.2) is 59.8 Å². The van der Waals surface area contributed by atoms with Crippen LogP contribution >= 0.6 is 0 Å². The topological polar surface area (TPSA) is 91.0 Å². The van der Waals surface area contributed by atoms with Gasteiger partial charge in [-0.05, 0) is 29.7 Å². The lowest BCUT2D eigenvalue weighted by molar-refractivity contribution is -0.136. The summed E-state index contributed by atoms with van der Waals surface area (Å²) in [5.74, 6) is -1.62. The third-order valence-corrected chi connectivity index (χ3v) is 6.11. The smallest absolute Gasteiger partial charge is 0.255 e. The second kappa shape index (κ2) is 9.33. The van der Waals surface area contributed by atoms with E-state index in [2.05, 4.69) is 10.6 Å². The van der Waals surface area contributed by atoms with Crippen molar-refractivity contribution < 1.29 is 23.2 Å². The summed E-state index contributed by atoms with van der Waals surface area (Å²) in [5, 5.41) is 5.52. The van der Waals surface area contributed by atoms with E-state index in [1.54, 1.807) is 23.1 Å². The van der Waals surface area contributed by atoms with Crippen molar-refractivity contribution in [1.29, 1.82) is 0 Å². The molecule has 0 aromatic heterocycles. The van der Waals surface area contributed by atoms with E-state index < -0.39 is 30.2 Å². The number of amides is 3. The van der Waals surface area contributed by atoms with Crippen LogP contribution in [0.5, 0.6) is 0 Å². The summed E-state index contributed by atoms with van der Waals surface area (Å²) in [7, 11) is 0. The van der Waals surface area contributed by atoms with Crippen molar-refractivity contribution in [3.63, 3.8) is 0 Å². The van der Waals surface area contributed by atoms with Crippen molar-refractivity contribution in [3.05, 3.63) is 64.7 Å². The number of nitrogens with zero attached hydrogens (tertiary/aromatic N) is 2. The van der Waals surface area contributed by atoms with E-state index in [1.807, 2.05) is 24.3 Å². The highest BCUT2D eigenvalue weighted by Crippen LogP contribution is 2.32. The molecule has 0 aliphatic carbocycles. The van der Waals surface area contributed by atoms with Crippen LogP contribution in [0.2, 0.25) is 0 Å². The first-order chi connectivity index (χ1) is 17.2. The summed E-state index contributed by atoms with van der Waals surface area (Å²) in [6, 6.07) is 10.8. The number of nitrogens with one attached hydrogen (secondary N) is 2. The predicted molar refractivity (Wildman–Crippen MR) is 122 cm³/mol. The Morgan fingerprint density at radius 2 is 1.91 bits per heavy atom. The average molecular weight is 452 g/mol. The SMILES string of the molecule is [2H]C1(N2Cc3c(NCc4cccc(C([2H])([2H])N5CCOCC5)c4)cccc3C2=O)CCC(=O)NC1=O. The van der Waals surface area contributed by atoms with Crippen molar-refractivity contribution in [2.24, 2.45) is 0 Å². The van der Waals surface area contributed by atoms with E-state index in [0.717, 1.165) is 5.56 Å². The molecule has 1 atom stereocenters. The summed E-state index contributed by atoms with van der Waals surface area (Å²) in [5.41, 5.74) is 3.27. The van der Waals surface area contributed by atoms with Crippen LogP contribution in [0.15, 0.2) is 42.5 Å². The highest BCUT2D eigenvalue weighted by Gasteiger charge is 2.39. The first-order valence-electron chi connectivity index (χ1n) is 12.6. The minimum atomic E-state index is -1.83. The van der Waals surface area contributed by atoms with Crippen molar-refractivity contribution in [3.8, 4) is 0 Å². The summed E-state index contributed by atoms with van der Waals surface area (Å²) in [4.78, 5) is 40.1. The molecule has 3 aliphatic rings. The number of fused-ring (bicyclic) bond motifs is 1. The molecule has 2 N–H and O–H groups in total. The number of piperidine rings is 1. The Balaban J connectivity index is 1.33. The quantitative estimate of drug-likeness (QED) is 0.652. The molecular weight excluding hydrogens is 420 g/mol. The van der Waals surface area contributed by atoms with Gasteiger partial charge in [0.05, 0.1) is 14.6 Å². The molecule has 2 saturated heterocycles. The number of ether oxygens (including phenoxy) is 1. The molecule has 0 bridgehead atoms. The Morgan fingerprint density at radius 1 is 1.12 bits per heavy atom. The van der Waals surface area contributed by atoms with Gasteiger partial charge in [0.15, 0.2) is 0 Å². The molecule has 0 saturated carbocycles. The van der Waals surface area contributed by atoms with E-state index in [-0.39, 0.29) is 19.4 Å². The predicted octanol–water partition coefficient (Wildman–Crippen LogP) is 1.89. The Labute approximate surface area is 197 Å². The van der Waals surface area contributed by atoms with E-state index in [0.29, 0.717) is 55.2 Å². The average Bonchev–Trinajstić information content (AvgIpc) is 3.23. The van der Waals surface area contributed by atoms with Crippen LogP contribution in [-0.2, 0) is 33.9 Å². The van der Waals surface area contributed by atoms with Crippen molar-refractivity contribution >= 4 is 23.4 Å². The standard InChI is InChI=1S/C25H28N4O4/c30-23-8-7-22(24(31)27-23)29-16-20-19(25(29)32)5-2-6-21(20)26-14-17-3-1-4-18(13-17)15-28-9-11-33-12-10-28/h1-6,13,22,26H,7-12,14-16H2,(H,27,30,31)/i15D2,22D. The first-order valence-corrected chi connectivity index (χ1v) is 11.1. The molecule has 33 heavy (non-hydrogen) atoms. The van der Waals surface area contributed by atoms with Gasteiger partial charge in [-0.1, -0.05) is 30.3 Å². The van der Waals surface area contributed by atoms with E-state index in [9.17, 15) is 14.4 Å². The van der Waals surface area contributed by atoms with Gasteiger partial charge in [-0.25, -0.2) is 0 Å². The second-order valence-electron chi connectivity index (χ2n) is 8.31. The Bertz CT molecular complexity index is 1220. The van der Waals surface area contributed by atoms with E-state index in [4.69, 9.17) is 8.85 Å². The maximum absolute atomic E-state index is 13.1. The van der Waals surface area contributed by atoms with Gasteiger partial charge in [0, 0.05) is 58.7 Å². The Morgan fingerprint density at radius 3 is 2.73 bits per heavy atom. The van der Waals surface area contributed by atoms with Crippen LogP contribution in [0.1, 0.15) is 44.0 Å². The van der Waals surface area contributed by atoms with E-state index in [1.165, 1.54) is 4.90 Å². The molecular formula is C25H28N4O4. The van der Waals surface area contributed by atoms with Gasteiger partial charge in [-0.15, -0.1) is 0 Å². The molecule has 8 heteroatoms. The lowest BCUT2D eigenvalue weighted by Gasteiger charge is -2.29. The largest absolute Gasteiger partial charge is 0.381 e. The molecule has 8 nitrogen and oxygen atoms in total. The zero-order valence-corrected chi connectivity index (χ0v) is 18.2. The van der Waals surface area contributed by atoms with Crippen LogP contribution in [0.4, 0.5) is 5.69 Å². The zero-order valence-electron chi connectivity index (χ0n) is 21.2. The summed E-state index contributed by atoms with van der Waals surface area (Å²) >= 11 is 0. The number of rotatable bonds is 6. The molecule has 3 amide bonds. The second-order valence-corrected chi connectivity index (χ2v) is 8.31. The number of hydrogen-bond acceptors (Lipinski definition) is 6. The molecule has 172 valence electrons. The fourth-order valence-electron chi connectivity index (χ4n) is 4.39. The van der Waals surface area contributed by atoms with E-state index >= 15 is 0 Å². The highest BCUT2D eigenvalue weighted by molar-refractivity contribution is 6.06. The maximum Gasteiger partial charge on any atom is 0.255 e. The van der Waals surface area contributed by atoms with Crippen LogP contribution in [0, 0.1) is 0 Å². The van der Waals surface area contributed by atoms with Crippen molar-refractivity contribution in [1.82, 2.24) is 15.1 Å². The molecule has 3 heterocycles. The highest BCUT2D eigenvalue weighted by atomic mass is 16.5. The van der Waals surface area contributed by atoms with Gasteiger partial charge < -0.3 is 15.0 Å². The Hall–Kier alpha value is -3.23. The summed E-state index contributed by atoms with van der Waals surface area (Å²) in [6.45, 7) is 0.936.